The molecule has 3 aromatic rings. The van der Waals surface area contributed by atoms with Gasteiger partial charge in [-0.1, -0.05) is 89.0 Å². The van der Waals surface area contributed by atoms with Crippen LogP contribution in [0.4, 0.5) is 0 Å². The van der Waals surface area contributed by atoms with Crippen LogP contribution in [-0.2, 0) is 26.2 Å². The van der Waals surface area contributed by atoms with Crippen molar-refractivity contribution >= 4 is 17.7 Å². The van der Waals surface area contributed by atoms with Crippen molar-refractivity contribution in [1.82, 2.24) is 0 Å². The van der Waals surface area contributed by atoms with E-state index in [0.29, 0.717) is 0 Å². The third kappa shape index (κ3) is 4.35. The molecule has 0 saturated heterocycles. The average Bonchev–Trinajstić information content (AvgIpc) is 3.31. The Labute approximate surface area is 210 Å². The summed E-state index contributed by atoms with van der Waals surface area (Å²) in [5, 5.41) is 2.55. The van der Waals surface area contributed by atoms with Gasteiger partial charge in [0, 0.05) is 0 Å². The molecule has 2 aliphatic rings. The molecule has 3 aromatic carbocycles. The third-order valence-corrected chi connectivity index (χ3v) is 5.57. The molecule has 0 aliphatic heterocycles. The molecule has 3 heteroatoms. The van der Waals surface area contributed by atoms with Crippen LogP contribution < -0.4 is 35.3 Å². The summed E-state index contributed by atoms with van der Waals surface area (Å²) in [6.07, 6.45) is 13.7. The van der Waals surface area contributed by atoms with Gasteiger partial charge in [-0.05, 0) is 37.1 Å². The first-order chi connectivity index (χ1) is 13.2. The molecular formula is C27H21Cl2Zr. The van der Waals surface area contributed by atoms with Crippen molar-refractivity contribution in [1.29, 1.82) is 0 Å². The van der Waals surface area contributed by atoms with E-state index in [1.54, 1.807) is 0 Å². The van der Waals surface area contributed by atoms with Crippen molar-refractivity contribution in [3.05, 3.63) is 111 Å². The van der Waals surface area contributed by atoms with Gasteiger partial charge in [-0.25, -0.2) is 0 Å². The number of allylic oxidation sites excluding steroid dienone is 4. The number of hydrogen-bond acceptors (Lipinski definition) is 0. The average molecular weight is 508 g/mol. The number of aryl methyl sites for hydroxylation is 1. The molecule has 2 aliphatic carbocycles. The van der Waals surface area contributed by atoms with Gasteiger partial charge in [0.2, 0.25) is 0 Å². The molecule has 0 bridgehead atoms. The zero-order chi connectivity index (χ0) is 18.4. The molecule has 0 fully saturated rings. The van der Waals surface area contributed by atoms with Crippen LogP contribution in [0.25, 0.3) is 28.9 Å². The van der Waals surface area contributed by atoms with Crippen LogP contribution in [0.5, 0.6) is 0 Å². The zero-order valence-electron chi connectivity index (χ0n) is 17.0. The van der Waals surface area contributed by atoms with Crippen molar-refractivity contribution in [3.8, 4) is 11.1 Å². The first kappa shape index (κ1) is 24.6. The van der Waals surface area contributed by atoms with Crippen molar-refractivity contribution < 1.29 is 51.0 Å². The van der Waals surface area contributed by atoms with Gasteiger partial charge in [-0.3, -0.25) is 0 Å². The fourth-order valence-corrected chi connectivity index (χ4v) is 4.19. The number of rotatable bonds is 2. The summed E-state index contributed by atoms with van der Waals surface area (Å²) in [7, 11) is 0. The number of fused-ring (bicyclic) bond motifs is 3. The van der Waals surface area contributed by atoms with Crippen molar-refractivity contribution in [2.45, 2.75) is 20.3 Å². The molecule has 0 atom stereocenters. The maximum Gasteiger partial charge on any atom is 3.00 e. The summed E-state index contributed by atoms with van der Waals surface area (Å²) < 4.78 is 0. The van der Waals surface area contributed by atoms with E-state index in [4.69, 9.17) is 0 Å². The standard InChI is InChI=1S/C27H21.2ClH.Zr/c1-18-12-13-24-23(14-18)17-26-25(24)16-22(15-20-8-4-3-5-9-20)19(2)27(26)21-10-6-7-11-21;;;/h3-10,12-16H,11H2,1-2H3;2*1H;/q-1;;;+3/p-2. The minimum absolute atomic E-state index is 0. The number of benzene rings is 3. The fourth-order valence-electron chi connectivity index (χ4n) is 4.19. The second kappa shape index (κ2) is 10.1. The molecule has 147 valence electrons. The molecular weight excluding hydrogens is 486 g/mol. The van der Waals surface area contributed by atoms with Crippen LogP contribution in [0.3, 0.4) is 0 Å². The summed E-state index contributed by atoms with van der Waals surface area (Å²) in [6, 6.07) is 19.6. The number of hydrogen-bond donors (Lipinski definition) is 0. The van der Waals surface area contributed by atoms with Gasteiger partial charge in [-0.15, -0.1) is 34.1 Å². The molecule has 0 spiro atoms. The Morgan fingerprint density at radius 2 is 1.67 bits per heavy atom. The van der Waals surface area contributed by atoms with Crippen LogP contribution in [-0.4, -0.2) is 0 Å². The maximum absolute atomic E-state index is 3.71. The zero-order valence-corrected chi connectivity index (χ0v) is 20.9. The summed E-state index contributed by atoms with van der Waals surface area (Å²) in [6.45, 7) is 4.40. The Morgan fingerprint density at radius 3 is 2.37 bits per heavy atom. The summed E-state index contributed by atoms with van der Waals surface area (Å²) in [5.41, 5.74) is 10.4. The van der Waals surface area contributed by atoms with Crippen molar-refractivity contribution in [2.24, 2.45) is 0 Å². The largest absolute Gasteiger partial charge is 3.00 e. The van der Waals surface area contributed by atoms with Crippen molar-refractivity contribution in [2.75, 3.05) is 0 Å². The fraction of sp³-hybridized carbons (Fsp3) is 0.111. The van der Waals surface area contributed by atoms with E-state index in [1.165, 1.54) is 55.0 Å². The van der Waals surface area contributed by atoms with Gasteiger partial charge in [0.15, 0.2) is 0 Å². The molecule has 0 unspecified atom stereocenters. The van der Waals surface area contributed by atoms with E-state index in [2.05, 4.69) is 98.8 Å². The van der Waals surface area contributed by atoms with Crippen molar-refractivity contribution in [3.63, 3.8) is 0 Å². The van der Waals surface area contributed by atoms with E-state index < -0.39 is 0 Å². The first-order valence-electron chi connectivity index (χ1n) is 9.52. The van der Waals surface area contributed by atoms with Gasteiger partial charge in [-0.2, -0.15) is 0 Å². The molecule has 0 nitrogen and oxygen atoms in total. The summed E-state index contributed by atoms with van der Waals surface area (Å²) in [5.74, 6) is 0. The van der Waals surface area contributed by atoms with E-state index in [9.17, 15) is 0 Å². The molecule has 1 radical (unpaired) electrons. The SMILES string of the molecule is Cc1ccc2c(c1)[C-]=c1c-2cc(=Cc2ccccc2)c(C)c1C1=CC=CC1.[Cl-].[Cl-].[Zr+3]. The smallest absolute Gasteiger partial charge is 1.00 e. The van der Waals surface area contributed by atoms with E-state index in [-0.39, 0.29) is 51.0 Å². The molecule has 0 N–H and O–H groups in total. The molecule has 0 amide bonds. The minimum Gasteiger partial charge on any atom is -1.00 e. The van der Waals surface area contributed by atoms with E-state index >= 15 is 0 Å². The molecule has 0 aromatic heterocycles. The Balaban J connectivity index is 0.00000107. The predicted molar refractivity (Wildman–Crippen MR) is 115 cm³/mol. The van der Waals surface area contributed by atoms with Gasteiger partial charge >= 0.3 is 26.2 Å². The quantitative estimate of drug-likeness (QED) is 0.311. The Bertz CT molecular complexity index is 1250. The van der Waals surface area contributed by atoms with Crippen LogP contribution in [0.1, 0.15) is 34.2 Å². The Morgan fingerprint density at radius 1 is 0.900 bits per heavy atom. The molecule has 30 heavy (non-hydrogen) atoms. The molecule has 0 heterocycles. The maximum atomic E-state index is 3.71. The van der Waals surface area contributed by atoms with E-state index in [1.807, 2.05) is 0 Å². The van der Waals surface area contributed by atoms with Gasteiger partial charge in [0.05, 0.1) is 0 Å². The second-order valence-electron chi connectivity index (χ2n) is 7.44. The van der Waals surface area contributed by atoms with Crippen LogP contribution >= 0.6 is 0 Å². The predicted octanol–water partition coefficient (Wildman–Crippen LogP) is -0.833. The first-order valence-corrected chi connectivity index (χ1v) is 9.52. The summed E-state index contributed by atoms with van der Waals surface area (Å²) >= 11 is 0. The van der Waals surface area contributed by atoms with Gasteiger partial charge in [0.1, 0.15) is 0 Å². The van der Waals surface area contributed by atoms with Gasteiger partial charge in [0.25, 0.3) is 0 Å². The normalized spacial score (nSPS) is 13.3. The summed E-state index contributed by atoms with van der Waals surface area (Å²) in [4.78, 5) is 0. The monoisotopic (exact) mass is 505 g/mol. The second-order valence-corrected chi connectivity index (χ2v) is 7.44. The van der Waals surface area contributed by atoms with Crippen LogP contribution in [0, 0.1) is 13.8 Å². The minimum atomic E-state index is 0. The molecule has 5 rings (SSSR count). The van der Waals surface area contributed by atoms with Crippen LogP contribution in [0.15, 0.2) is 72.8 Å². The number of halogens is 2. The van der Waals surface area contributed by atoms with Crippen LogP contribution in [0.2, 0.25) is 0 Å². The topological polar surface area (TPSA) is 0 Å². The Kier molecular flexibility index (Phi) is 8.29. The third-order valence-electron chi connectivity index (χ3n) is 5.57. The Hall–Kier alpha value is -1.66. The molecule has 0 saturated carbocycles. The van der Waals surface area contributed by atoms with Gasteiger partial charge < -0.3 is 24.8 Å². The van der Waals surface area contributed by atoms with E-state index in [0.717, 1.165) is 6.42 Å².